The SMILES string of the molecule is CCNC(=NCc1nc(-c2ccco2)n[nH]1)NC1CCN(Cc2ccc(F)c(F)c2)CC1.I. The van der Waals surface area contributed by atoms with Crippen LogP contribution >= 0.6 is 24.0 Å². The van der Waals surface area contributed by atoms with E-state index in [9.17, 15) is 8.78 Å². The molecule has 3 aromatic rings. The van der Waals surface area contributed by atoms with Gasteiger partial charge in [-0.15, -0.1) is 29.1 Å². The first-order chi connectivity index (χ1) is 15.6. The van der Waals surface area contributed by atoms with Gasteiger partial charge >= 0.3 is 0 Å². The maximum Gasteiger partial charge on any atom is 0.216 e. The van der Waals surface area contributed by atoms with Crippen molar-refractivity contribution in [3.8, 4) is 11.6 Å². The zero-order valence-electron chi connectivity index (χ0n) is 18.4. The number of hydrogen-bond acceptors (Lipinski definition) is 5. The van der Waals surface area contributed by atoms with E-state index in [0.717, 1.165) is 44.0 Å². The van der Waals surface area contributed by atoms with Crippen LogP contribution in [-0.2, 0) is 13.1 Å². The quantitative estimate of drug-likeness (QED) is 0.228. The lowest BCUT2D eigenvalue weighted by molar-refractivity contribution is 0.198. The summed E-state index contributed by atoms with van der Waals surface area (Å²) in [6.07, 6.45) is 3.44. The highest BCUT2D eigenvalue weighted by Crippen LogP contribution is 2.16. The number of halogens is 3. The Bertz CT molecular complexity index is 1030. The molecule has 0 unspecified atom stereocenters. The average Bonchev–Trinajstić information content (AvgIpc) is 3.48. The predicted octanol–water partition coefficient (Wildman–Crippen LogP) is 3.68. The zero-order chi connectivity index (χ0) is 22.3. The van der Waals surface area contributed by atoms with Crippen molar-refractivity contribution in [2.75, 3.05) is 19.6 Å². The van der Waals surface area contributed by atoms with E-state index in [1.807, 2.05) is 6.92 Å². The van der Waals surface area contributed by atoms with Gasteiger partial charge in [0.2, 0.25) is 5.82 Å². The van der Waals surface area contributed by atoms with Crippen molar-refractivity contribution in [3.05, 3.63) is 59.6 Å². The molecule has 3 N–H and O–H groups in total. The van der Waals surface area contributed by atoms with E-state index in [0.29, 0.717) is 30.5 Å². The first kappa shape index (κ1) is 25.1. The van der Waals surface area contributed by atoms with Crippen molar-refractivity contribution in [1.82, 2.24) is 30.7 Å². The molecule has 3 heterocycles. The van der Waals surface area contributed by atoms with Gasteiger partial charge in [0.25, 0.3) is 0 Å². The van der Waals surface area contributed by atoms with E-state index in [-0.39, 0.29) is 30.0 Å². The van der Waals surface area contributed by atoms with Crippen molar-refractivity contribution < 1.29 is 13.2 Å². The standard InChI is InChI=1S/C22H27F2N7O.HI/c1-2-25-22(26-13-20-28-21(30-29-20)19-4-3-11-32-19)27-16-7-9-31(10-8-16)14-15-5-6-17(23)18(24)12-15;/h3-6,11-12,16H,2,7-10,13-14H2,1H3,(H2,25,26,27)(H,28,29,30);1H. The fourth-order valence-electron chi connectivity index (χ4n) is 3.68. The lowest BCUT2D eigenvalue weighted by atomic mass is 10.0. The van der Waals surface area contributed by atoms with Crippen LogP contribution in [0, 0.1) is 11.6 Å². The maximum atomic E-state index is 13.4. The van der Waals surface area contributed by atoms with Crippen LogP contribution in [0.1, 0.15) is 31.2 Å². The zero-order valence-corrected chi connectivity index (χ0v) is 20.7. The third-order valence-corrected chi connectivity index (χ3v) is 5.32. The molecular weight excluding hydrogens is 543 g/mol. The van der Waals surface area contributed by atoms with E-state index < -0.39 is 11.6 Å². The fourth-order valence-corrected chi connectivity index (χ4v) is 3.68. The number of furan rings is 1. The Labute approximate surface area is 208 Å². The number of aliphatic imine (C=N–C) groups is 1. The predicted molar refractivity (Wildman–Crippen MR) is 132 cm³/mol. The number of benzene rings is 1. The summed E-state index contributed by atoms with van der Waals surface area (Å²) in [6, 6.07) is 7.98. The number of piperidine rings is 1. The van der Waals surface area contributed by atoms with Crippen LogP contribution in [0.3, 0.4) is 0 Å². The Morgan fingerprint density at radius 1 is 1.24 bits per heavy atom. The molecule has 4 rings (SSSR count). The van der Waals surface area contributed by atoms with E-state index in [4.69, 9.17) is 4.42 Å². The van der Waals surface area contributed by atoms with Crippen LogP contribution in [0.15, 0.2) is 46.0 Å². The summed E-state index contributed by atoms with van der Waals surface area (Å²) in [5.74, 6) is 0.878. The summed E-state index contributed by atoms with van der Waals surface area (Å²) in [4.78, 5) is 11.3. The van der Waals surface area contributed by atoms with Gasteiger partial charge < -0.3 is 15.1 Å². The largest absolute Gasteiger partial charge is 0.461 e. The molecular formula is C22H28F2IN7O. The van der Waals surface area contributed by atoms with Gasteiger partial charge in [-0.1, -0.05) is 6.07 Å². The normalized spacial score (nSPS) is 15.3. The Kier molecular flexibility index (Phi) is 9.18. The molecule has 1 aromatic carbocycles. The number of guanidine groups is 1. The molecule has 11 heteroatoms. The molecule has 1 aliphatic rings. The second-order valence-electron chi connectivity index (χ2n) is 7.72. The summed E-state index contributed by atoms with van der Waals surface area (Å²) in [5, 5.41) is 13.8. The van der Waals surface area contributed by atoms with Crippen molar-refractivity contribution >= 4 is 29.9 Å². The number of likely N-dealkylation sites (tertiary alicyclic amines) is 1. The summed E-state index contributed by atoms with van der Waals surface area (Å²) in [6.45, 7) is 5.47. The van der Waals surface area contributed by atoms with Gasteiger partial charge in [0.05, 0.1) is 6.26 Å². The van der Waals surface area contributed by atoms with Crippen molar-refractivity contribution in [3.63, 3.8) is 0 Å². The highest BCUT2D eigenvalue weighted by atomic mass is 127. The molecule has 1 aliphatic heterocycles. The molecule has 0 aliphatic carbocycles. The highest BCUT2D eigenvalue weighted by Gasteiger charge is 2.20. The Morgan fingerprint density at radius 3 is 2.76 bits per heavy atom. The van der Waals surface area contributed by atoms with E-state index in [1.165, 1.54) is 12.1 Å². The van der Waals surface area contributed by atoms with Crippen LogP contribution in [0.4, 0.5) is 8.78 Å². The van der Waals surface area contributed by atoms with Crippen LogP contribution in [-0.4, -0.2) is 51.7 Å². The van der Waals surface area contributed by atoms with Crippen molar-refractivity contribution in [2.24, 2.45) is 4.99 Å². The van der Waals surface area contributed by atoms with Gasteiger partial charge in [-0.3, -0.25) is 10.00 Å². The maximum absolute atomic E-state index is 13.4. The Balaban J connectivity index is 0.00000306. The number of aromatic nitrogens is 3. The second kappa shape index (κ2) is 12.1. The van der Waals surface area contributed by atoms with Crippen LogP contribution < -0.4 is 10.6 Å². The molecule has 178 valence electrons. The van der Waals surface area contributed by atoms with Gasteiger partial charge in [0.1, 0.15) is 12.4 Å². The molecule has 0 atom stereocenters. The number of hydrogen-bond donors (Lipinski definition) is 3. The van der Waals surface area contributed by atoms with Crippen LogP contribution in [0.25, 0.3) is 11.6 Å². The molecule has 0 saturated carbocycles. The monoisotopic (exact) mass is 571 g/mol. The minimum absolute atomic E-state index is 0. The lowest BCUT2D eigenvalue weighted by Crippen LogP contribution is -2.48. The van der Waals surface area contributed by atoms with Crippen molar-refractivity contribution in [2.45, 2.75) is 38.9 Å². The number of nitrogens with one attached hydrogen (secondary N) is 3. The molecule has 0 spiro atoms. The Hall–Kier alpha value is -2.54. The summed E-state index contributed by atoms with van der Waals surface area (Å²) in [7, 11) is 0. The number of H-pyrrole nitrogens is 1. The van der Waals surface area contributed by atoms with E-state index in [1.54, 1.807) is 24.5 Å². The van der Waals surface area contributed by atoms with Crippen LogP contribution in [0.5, 0.6) is 0 Å². The van der Waals surface area contributed by atoms with Crippen molar-refractivity contribution in [1.29, 1.82) is 0 Å². The third-order valence-electron chi connectivity index (χ3n) is 5.32. The number of rotatable bonds is 7. The van der Waals surface area contributed by atoms with E-state index in [2.05, 4.69) is 35.7 Å². The number of aromatic amines is 1. The highest BCUT2D eigenvalue weighted by molar-refractivity contribution is 14.0. The topological polar surface area (TPSA) is 94.4 Å². The molecule has 0 radical (unpaired) electrons. The molecule has 8 nitrogen and oxygen atoms in total. The average molecular weight is 571 g/mol. The second-order valence-corrected chi connectivity index (χ2v) is 7.72. The van der Waals surface area contributed by atoms with Gasteiger partial charge in [-0.25, -0.2) is 18.8 Å². The summed E-state index contributed by atoms with van der Waals surface area (Å²) < 4.78 is 31.9. The van der Waals surface area contributed by atoms with Gasteiger partial charge in [-0.2, -0.15) is 0 Å². The summed E-state index contributed by atoms with van der Waals surface area (Å²) >= 11 is 0. The molecule has 1 fully saturated rings. The smallest absolute Gasteiger partial charge is 0.216 e. The van der Waals surface area contributed by atoms with Gasteiger partial charge in [-0.05, 0) is 49.6 Å². The van der Waals surface area contributed by atoms with Gasteiger partial charge in [0.15, 0.2) is 23.4 Å². The van der Waals surface area contributed by atoms with Gasteiger partial charge in [0, 0.05) is 32.2 Å². The molecule has 33 heavy (non-hydrogen) atoms. The summed E-state index contributed by atoms with van der Waals surface area (Å²) in [5.41, 5.74) is 0.784. The molecule has 1 saturated heterocycles. The fraction of sp³-hybridized carbons (Fsp3) is 0.409. The number of nitrogens with zero attached hydrogens (tertiary/aromatic N) is 4. The molecule has 0 amide bonds. The third kappa shape index (κ3) is 6.97. The van der Waals surface area contributed by atoms with Crippen LogP contribution in [0.2, 0.25) is 0 Å². The first-order valence-electron chi connectivity index (χ1n) is 10.8. The Morgan fingerprint density at radius 2 is 2.06 bits per heavy atom. The van der Waals surface area contributed by atoms with E-state index >= 15 is 0 Å². The minimum atomic E-state index is -0.811. The lowest BCUT2D eigenvalue weighted by Gasteiger charge is -2.33. The minimum Gasteiger partial charge on any atom is -0.461 e. The first-order valence-corrected chi connectivity index (χ1v) is 10.8. The molecule has 0 bridgehead atoms. The molecule has 2 aromatic heterocycles.